The van der Waals surface area contributed by atoms with Gasteiger partial charge in [0, 0.05) is 26.2 Å². The average Bonchev–Trinajstić information content (AvgIpc) is 2.86. The van der Waals surface area contributed by atoms with Crippen molar-refractivity contribution in [2.45, 2.75) is 26.2 Å². The summed E-state index contributed by atoms with van der Waals surface area (Å²) in [5.41, 5.74) is 2.92. The maximum absolute atomic E-state index is 12.3. The van der Waals surface area contributed by atoms with Crippen LogP contribution in [-0.2, 0) is 9.59 Å². The normalized spacial score (nSPS) is 32.2. The van der Waals surface area contributed by atoms with Gasteiger partial charge < -0.3 is 10.0 Å². The smallest absolute Gasteiger partial charge is 0.307 e. The molecule has 6 heteroatoms. The van der Waals surface area contributed by atoms with Crippen LogP contribution in [0.15, 0.2) is 0 Å². The second-order valence-electron chi connectivity index (χ2n) is 6.06. The van der Waals surface area contributed by atoms with E-state index in [9.17, 15) is 14.7 Å². The molecule has 1 saturated heterocycles. The second kappa shape index (κ2) is 6.54. The van der Waals surface area contributed by atoms with Gasteiger partial charge in [0.1, 0.15) is 0 Å². The number of nitrogens with zero attached hydrogens (tertiary/aromatic N) is 2. The summed E-state index contributed by atoms with van der Waals surface area (Å²) in [5.74, 6) is -1.48. The predicted molar refractivity (Wildman–Crippen MR) is 74.8 cm³/mol. The fraction of sp³-hybridized carbons (Fsp3) is 0.857. The van der Waals surface area contributed by atoms with E-state index in [0.717, 1.165) is 32.6 Å². The van der Waals surface area contributed by atoms with Gasteiger partial charge in [0.2, 0.25) is 5.91 Å². The molecule has 114 valence electrons. The topological polar surface area (TPSA) is 72.9 Å². The molecular formula is C14H25N3O3. The van der Waals surface area contributed by atoms with Crippen LogP contribution in [0, 0.1) is 17.8 Å². The Morgan fingerprint density at radius 1 is 1.15 bits per heavy atom. The molecule has 1 heterocycles. The monoisotopic (exact) mass is 283 g/mol. The first-order valence-electron chi connectivity index (χ1n) is 7.48. The number of carboxylic acids is 1. The number of aliphatic carboxylic acids is 1. The zero-order valence-corrected chi connectivity index (χ0v) is 12.3. The molecule has 6 nitrogen and oxygen atoms in total. The van der Waals surface area contributed by atoms with Gasteiger partial charge in [-0.1, -0.05) is 13.3 Å². The Morgan fingerprint density at radius 3 is 2.30 bits per heavy atom. The van der Waals surface area contributed by atoms with Gasteiger partial charge in [-0.15, -0.1) is 0 Å². The number of amides is 1. The lowest BCUT2D eigenvalue weighted by Crippen LogP contribution is -2.54. The van der Waals surface area contributed by atoms with Gasteiger partial charge >= 0.3 is 5.97 Å². The predicted octanol–water partition coefficient (Wildman–Crippen LogP) is 0.402. The second-order valence-corrected chi connectivity index (χ2v) is 6.06. The van der Waals surface area contributed by atoms with Crippen LogP contribution in [-0.4, -0.2) is 60.1 Å². The number of rotatable bonds is 4. The Hall–Kier alpha value is -1.14. The van der Waals surface area contributed by atoms with Gasteiger partial charge in [-0.2, -0.15) is 0 Å². The van der Waals surface area contributed by atoms with Crippen LogP contribution in [0.25, 0.3) is 0 Å². The first-order valence-corrected chi connectivity index (χ1v) is 7.48. The van der Waals surface area contributed by atoms with E-state index in [-0.39, 0.29) is 11.8 Å². The molecule has 0 radical (unpaired) electrons. The van der Waals surface area contributed by atoms with E-state index >= 15 is 0 Å². The Balaban J connectivity index is 1.91. The molecule has 1 saturated carbocycles. The summed E-state index contributed by atoms with van der Waals surface area (Å²) in [6.07, 6.45) is 2.28. The molecule has 20 heavy (non-hydrogen) atoms. The highest BCUT2D eigenvalue weighted by Crippen LogP contribution is 2.38. The average molecular weight is 283 g/mol. The van der Waals surface area contributed by atoms with Crippen molar-refractivity contribution in [2.75, 3.05) is 33.2 Å². The summed E-state index contributed by atoms with van der Waals surface area (Å²) < 4.78 is 0. The van der Waals surface area contributed by atoms with Crippen molar-refractivity contribution in [2.24, 2.45) is 17.8 Å². The van der Waals surface area contributed by atoms with Crippen molar-refractivity contribution in [1.29, 1.82) is 0 Å². The fourth-order valence-corrected chi connectivity index (χ4v) is 3.20. The molecule has 1 aliphatic heterocycles. The minimum absolute atomic E-state index is 0.113. The van der Waals surface area contributed by atoms with Crippen LogP contribution in [0.1, 0.15) is 26.2 Å². The number of hydrogen-bond donors (Lipinski definition) is 2. The minimum Gasteiger partial charge on any atom is -0.481 e. The number of hydrazine groups is 1. The van der Waals surface area contributed by atoms with E-state index in [1.807, 2.05) is 5.01 Å². The fourth-order valence-electron chi connectivity index (χ4n) is 3.20. The van der Waals surface area contributed by atoms with Crippen LogP contribution < -0.4 is 5.43 Å². The molecule has 2 rings (SSSR count). The zero-order valence-electron chi connectivity index (χ0n) is 12.3. The molecule has 1 amide bonds. The third kappa shape index (κ3) is 3.49. The van der Waals surface area contributed by atoms with Crippen LogP contribution in [0.3, 0.4) is 0 Å². The number of carbonyl (C=O) groups is 2. The van der Waals surface area contributed by atoms with Gasteiger partial charge in [-0.05, 0) is 25.8 Å². The van der Waals surface area contributed by atoms with Crippen molar-refractivity contribution in [3.63, 3.8) is 0 Å². The highest BCUT2D eigenvalue weighted by molar-refractivity contribution is 5.85. The summed E-state index contributed by atoms with van der Waals surface area (Å²) >= 11 is 0. The van der Waals surface area contributed by atoms with Crippen LogP contribution in [0.2, 0.25) is 0 Å². The van der Waals surface area contributed by atoms with Crippen LogP contribution in [0.5, 0.6) is 0 Å². The maximum Gasteiger partial charge on any atom is 0.307 e. The van der Waals surface area contributed by atoms with Gasteiger partial charge in [-0.25, -0.2) is 5.01 Å². The Kier molecular flexibility index (Phi) is 4.99. The minimum atomic E-state index is -0.834. The molecular weight excluding hydrogens is 258 g/mol. The summed E-state index contributed by atoms with van der Waals surface area (Å²) in [5, 5.41) is 11.2. The van der Waals surface area contributed by atoms with E-state index < -0.39 is 11.9 Å². The maximum atomic E-state index is 12.3. The van der Waals surface area contributed by atoms with Crippen LogP contribution in [0.4, 0.5) is 0 Å². The van der Waals surface area contributed by atoms with Crippen molar-refractivity contribution < 1.29 is 14.7 Å². The quantitative estimate of drug-likeness (QED) is 0.781. The lowest BCUT2D eigenvalue weighted by molar-refractivity contribution is -0.147. The third-order valence-corrected chi connectivity index (χ3v) is 4.66. The first kappa shape index (κ1) is 15.3. The van der Waals surface area contributed by atoms with Crippen molar-refractivity contribution in [3.8, 4) is 0 Å². The molecule has 2 N–H and O–H groups in total. The Labute approximate surface area is 120 Å². The molecule has 0 aromatic rings. The van der Waals surface area contributed by atoms with E-state index in [1.165, 1.54) is 0 Å². The molecule has 3 unspecified atom stereocenters. The molecule has 0 aromatic carbocycles. The number of carboxylic acid groups (broad SMARTS) is 1. The zero-order chi connectivity index (χ0) is 14.7. The van der Waals surface area contributed by atoms with Gasteiger partial charge in [0.15, 0.2) is 0 Å². The molecule has 2 fully saturated rings. The number of likely N-dealkylation sites (N-methyl/N-ethyl adjacent to an activating group) is 1. The standard InChI is InChI=1S/C14H25N3O3/c1-3-10-8-11(12(9-10)14(19)20)13(18)15-17-6-4-16(2)5-7-17/h10-12H,3-9H2,1-2H3,(H,15,18)(H,19,20). The summed E-state index contributed by atoms with van der Waals surface area (Å²) in [6.45, 7) is 5.49. The third-order valence-electron chi connectivity index (χ3n) is 4.66. The Bertz CT molecular complexity index is 367. The van der Waals surface area contributed by atoms with E-state index in [1.54, 1.807) is 0 Å². The highest BCUT2D eigenvalue weighted by Gasteiger charge is 2.42. The lowest BCUT2D eigenvalue weighted by Gasteiger charge is -2.33. The Morgan fingerprint density at radius 2 is 1.75 bits per heavy atom. The SMILES string of the molecule is CCC1CC(C(=O)O)C(C(=O)NN2CCN(C)CC2)C1. The van der Waals surface area contributed by atoms with Crippen molar-refractivity contribution in [3.05, 3.63) is 0 Å². The molecule has 1 aliphatic carbocycles. The summed E-state index contributed by atoms with van der Waals surface area (Å²) in [7, 11) is 2.06. The largest absolute Gasteiger partial charge is 0.481 e. The number of piperazine rings is 1. The molecule has 2 aliphatic rings. The van der Waals surface area contributed by atoms with Crippen molar-refractivity contribution >= 4 is 11.9 Å². The number of carbonyl (C=O) groups excluding carboxylic acids is 1. The summed E-state index contributed by atoms with van der Waals surface area (Å²) in [6, 6.07) is 0. The highest BCUT2D eigenvalue weighted by atomic mass is 16.4. The van der Waals surface area contributed by atoms with Crippen LogP contribution >= 0.6 is 0 Å². The van der Waals surface area contributed by atoms with Gasteiger partial charge in [-0.3, -0.25) is 15.0 Å². The molecule has 0 bridgehead atoms. The van der Waals surface area contributed by atoms with E-state index in [4.69, 9.17) is 0 Å². The van der Waals surface area contributed by atoms with E-state index in [0.29, 0.717) is 18.8 Å². The first-order chi connectivity index (χ1) is 9.51. The van der Waals surface area contributed by atoms with Crippen molar-refractivity contribution in [1.82, 2.24) is 15.3 Å². The molecule has 0 aromatic heterocycles. The number of hydrogen-bond acceptors (Lipinski definition) is 4. The molecule has 0 spiro atoms. The van der Waals surface area contributed by atoms with E-state index in [2.05, 4.69) is 24.3 Å². The molecule has 3 atom stereocenters. The van der Waals surface area contributed by atoms with Gasteiger partial charge in [0.05, 0.1) is 11.8 Å². The summed E-state index contributed by atoms with van der Waals surface area (Å²) in [4.78, 5) is 25.9. The lowest BCUT2D eigenvalue weighted by atomic mass is 9.96. The van der Waals surface area contributed by atoms with Gasteiger partial charge in [0.25, 0.3) is 0 Å². The number of nitrogens with one attached hydrogen (secondary N) is 1.